The average Bonchev–Trinajstić information content (AvgIpc) is 2.47. The smallest absolute Gasteiger partial charge is 0.275 e. The molecule has 20 heavy (non-hydrogen) atoms. The summed E-state index contributed by atoms with van der Waals surface area (Å²) in [5.74, 6) is 6.24. The zero-order valence-electron chi connectivity index (χ0n) is 10.7. The van der Waals surface area contributed by atoms with E-state index in [4.69, 9.17) is 10.6 Å². The van der Waals surface area contributed by atoms with Crippen LogP contribution in [0.25, 0.3) is 0 Å². The number of ether oxygens (including phenoxy) is 1. The Kier molecular flexibility index (Phi) is 4.44. The predicted octanol–water partition coefficient (Wildman–Crippen LogP) is 3.39. The van der Waals surface area contributed by atoms with Crippen molar-refractivity contribution in [3.63, 3.8) is 0 Å². The molecule has 7 heteroatoms. The van der Waals surface area contributed by atoms with Crippen molar-refractivity contribution in [1.29, 1.82) is 0 Å². The van der Waals surface area contributed by atoms with E-state index in [9.17, 15) is 10.1 Å². The number of benzene rings is 2. The fourth-order valence-electron chi connectivity index (χ4n) is 1.61. The third-order valence-corrected chi connectivity index (χ3v) is 3.31. The summed E-state index contributed by atoms with van der Waals surface area (Å²) in [5.41, 5.74) is 2.70. The van der Waals surface area contributed by atoms with E-state index in [1.165, 1.54) is 12.1 Å². The number of hydrogen-bond donors (Lipinski definition) is 2. The molecule has 0 radical (unpaired) electrons. The van der Waals surface area contributed by atoms with E-state index in [0.717, 1.165) is 4.90 Å². The lowest BCUT2D eigenvalue weighted by molar-refractivity contribution is -0.384. The SMILES string of the molecule is CSc1ccc(Oc2cc(NN)cc([N+](=O)[O-])c2)cc1. The number of non-ortho nitro benzene ring substituents is 1. The van der Waals surface area contributed by atoms with E-state index in [1.54, 1.807) is 30.0 Å². The Hall–Kier alpha value is -2.25. The molecule has 0 aliphatic carbocycles. The van der Waals surface area contributed by atoms with Crippen molar-refractivity contribution in [1.82, 2.24) is 0 Å². The van der Waals surface area contributed by atoms with Crippen LogP contribution < -0.4 is 16.0 Å². The Labute approximate surface area is 120 Å². The molecule has 104 valence electrons. The molecule has 0 spiro atoms. The molecule has 2 rings (SSSR count). The van der Waals surface area contributed by atoms with Crippen LogP contribution in [0, 0.1) is 10.1 Å². The molecule has 0 saturated carbocycles. The van der Waals surface area contributed by atoms with E-state index in [-0.39, 0.29) is 5.69 Å². The van der Waals surface area contributed by atoms with E-state index in [0.29, 0.717) is 17.2 Å². The van der Waals surface area contributed by atoms with Crippen molar-refractivity contribution in [2.24, 2.45) is 5.84 Å². The number of hydrogen-bond acceptors (Lipinski definition) is 6. The lowest BCUT2D eigenvalue weighted by atomic mass is 10.2. The summed E-state index contributed by atoms with van der Waals surface area (Å²) in [4.78, 5) is 11.5. The summed E-state index contributed by atoms with van der Waals surface area (Å²) < 4.78 is 5.60. The molecule has 0 atom stereocenters. The minimum Gasteiger partial charge on any atom is -0.457 e. The fraction of sp³-hybridized carbons (Fsp3) is 0.0769. The van der Waals surface area contributed by atoms with Crippen LogP contribution in [-0.2, 0) is 0 Å². The molecule has 0 aliphatic heterocycles. The van der Waals surface area contributed by atoms with E-state index in [2.05, 4.69) is 5.43 Å². The fourth-order valence-corrected chi connectivity index (χ4v) is 2.02. The number of rotatable bonds is 5. The van der Waals surface area contributed by atoms with Gasteiger partial charge in [-0.25, -0.2) is 0 Å². The molecule has 0 aliphatic rings. The molecule has 2 aromatic rings. The Balaban J connectivity index is 2.27. The maximum Gasteiger partial charge on any atom is 0.275 e. The maximum atomic E-state index is 10.8. The van der Waals surface area contributed by atoms with Crippen molar-refractivity contribution >= 4 is 23.1 Å². The first-order valence-electron chi connectivity index (χ1n) is 5.70. The summed E-state index contributed by atoms with van der Waals surface area (Å²) in [7, 11) is 0. The minimum absolute atomic E-state index is 0.0869. The Morgan fingerprint density at radius 3 is 2.45 bits per heavy atom. The van der Waals surface area contributed by atoms with Gasteiger partial charge in [0.25, 0.3) is 5.69 Å². The van der Waals surface area contributed by atoms with Gasteiger partial charge >= 0.3 is 0 Å². The van der Waals surface area contributed by atoms with Gasteiger partial charge in [0.1, 0.15) is 11.5 Å². The zero-order valence-corrected chi connectivity index (χ0v) is 11.5. The van der Waals surface area contributed by atoms with Gasteiger partial charge in [-0.05, 0) is 30.5 Å². The third kappa shape index (κ3) is 3.40. The van der Waals surface area contributed by atoms with Gasteiger partial charge in [0.05, 0.1) is 16.7 Å². The highest BCUT2D eigenvalue weighted by Gasteiger charge is 2.10. The first-order chi connectivity index (χ1) is 9.62. The molecule has 0 bridgehead atoms. The van der Waals surface area contributed by atoms with Crippen LogP contribution in [0.4, 0.5) is 11.4 Å². The van der Waals surface area contributed by atoms with Crippen molar-refractivity contribution < 1.29 is 9.66 Å². The first-order valence-corrected chi connectivity index (χ1v) is 6.93. The monoisotopic (exact) mass is 291 g/mol. The van der Waals surface area contributed by atoms with Crippen molar-refractivity contribution in [3.05, 3.63) is 52.6 Å². The second-order valence-electron chi connectivity index (χ2n) is 3.89. The average molecular weight is 291 g/mol. The molecule has 0 fully saturated rings. The highest BCUT2D eigenvalue weighted by molar-refractivity contribution is 7.98. The van der Waals surface area contributed by atoms with Crippen LogP contribution in [0.3, 0.4) is 0 Å². The summed E-state index contributed by atoms with van der Waals surface area (Å²) in [6.45, 7) is 0. The van der Waals surface area contributed by atoms with Gasteiger partial charge in [-0.15, -0.1) is 11.8 Å². The normalized spacial score (nSPS) is 10.1. The molecular weight excluding hydrogens is 278 g/mol. The summed E-state index contributed by atoms with van der Waals surface area (Å²) in [5, 5.41) is 10.8. The van der Waals surface area contributed by atoms with Gasteiger partial charge in [0.2, 0.25) is 0 Å². The number of thioether (sulfide) groups is 1. The van der Waals surface area contributed by atoms with E-state index < -0.39 is 4.92 Å². The maximum absolute atomic E-state index is 10.8. The predicted molar refractivity (Wildman–Crippen MR) is 79.2 cm³/mol. The molecule has 0 aromatic heterocycles. The lowest BCUT2D eigenvalue weighted by Gasteiger charge is -2.08. The first kappa shape index (κ1) is 14.2. The van der Waals surface area contributed by atoms with Crippen LogP contribution in [-0.4, -0.2) is 11.2 Å². The van der Waals surface area contributed by atoms with Gasteiger partial charge in [-0.2, -0.15) is 0 Å². The number of anilines is 1. The van der Waals surface area contributed by atoms with Gasteiger partial charge in [-0.3, -0.25) is 16.0 Å². The van der Waals surface area contributed by atoms with Crippen LogP contribution in [0.1, 0.15) is 0 Å². The Morgan fingerprint density at radius 2 is 1.90 bits per heavy atom. The number of nitrogens with zero attached hydrogens (tertiary/aromatic N) is 1. The van der Waals surface area contributed by atoms with Crippen molar-refractivity contribution in [3.8, 4) is 11.5 Å². The molecule has 0 unspecified atom stereocenters. The van der Waals surface area contributed by atoms with Crippen LogP contribution in [0.15, 0.2) is 47.4 Å². The number of nitro benzene ring substituents is 1. The van der Waals surface area contributed by atoms with Gasteiger partial charge in [0, 0.05) is 17.0 Å². The van der Waals surface area contributed by atoms with Crippen LogP contribution >= 0.6 is 11.8 Å². The number of nitrogen functional groups attached to an aromatic ring is 1. The molecular formula is C13H13N3O3S. The standard InChI is InChI=1S/C13H13N3O3S/c1-20-13-4-2-11(3-5-13)19-12-7-9(15-14)6-10(8-12)16(17)18/h2-8,15H,14H2,1H3. The second kappa shape index (κ2) is 6.27. The van der Waals surface area contributed by atoms with Gasteiger partial charge in [0.15, 0.2) is 0 Å². The molecule has 2 aromatic carbocycles. The molecule has 0 saturated heterocycles. The Morgan fingerprint density at radius 1 is 1.20 bits per heavy atom. The summed E-state index contributed by atoms with van der Waals surface area (Å²) in [6, 6.07) is 11.7. The lowest BCUT2D eigenvalue weighted by Crippen LogP contribution is -2.07. The largest absolute Gasteiger partial charge is 0.457 e. The zero-order chi connectivity index (χ0) is 14.5. The molecule has 0 heterocycles. The molecule has 6 nitrogen and oxygen atoms in total. The van der Waals surface area contributed by atoms with Gasteiger partial charge in [-0.1, -0.05) is 0 Å². The highest BCUT2D eigenvalue weighted by Crippen LogP contribution is 2.30. The number of nitro groups is 1. The van der Waals surface area contributed by atoms with Crippen LogP contribution in [0.5, 0.6) is 11.5 Å². The van der Waals surface area contributed by atoms with Crippen molar-refractivity contribution in [2.45, 2.75) is 4.90 Å². The molecule has 0 amide bonds. The van der Waals surface area contributed by atoms with E-state index >= 15 is 0 Å². The Bertz CT molecular complexity index is 617. The minimum atomic E-state index is -0.496. The van der Waals surface area contributed by atoms with Crippen LogP contribution in [0.2, 0.25) is 0 Å². The van der Waals surface area contributed by atoms with E-state index in [1.807, 2.05) is 18.4 Å². The number of nitrogens with two attached hydrogens (primary N) is 1. The molecule has 3 N–H and O–H groups in total. The summed E-state index contributed by atoms with van der Waals surface area (Å²) in [6.07, 6.45) is 1.98. The highest BCUT2D eigenvalue weighted by atomic mass is 32.2. The third-order valence-electron chi connectivity index (χ3n) is 2.56. The second-order valence-corrected chi connectivity index (χ2v) is 4.77. The van der Waals surface area contributed by atoms with Gasteiger partial charge < -0.3 is 10.2 Å². The number of nitrogens with one attached hydrogen (secondary N) is 1. The quantitative estimate of drug-likeness (QED) is 0.380. The van der Waals surface area contributed by atoms with Crippen molar-refractivity contribution in [2.75, 3.05) is 11.7 Å². The topological polar surface area (TPSA) is 90.4 Å². The number of hydrazine groups is 1. The summed E-state index contributed by atoms with van der Waals surface area (Å²) >= 11 is 1.62.